The summed E-state index contributed by atoms with van der Waals surface area (Å²) >= 11 is 0. The molecule has 0 aliphatic carbocycles. The van der Waals surface area contributed by atoms with Crippen LogP contribution in [-0.2, 0) is 14.2 Å². The Kier molecular flexibility index (Phi) is 5.31. The maximum atomic E-state index is 8.67. The number of methoxy groups -OCH3 is 1. The quantitative estimate of drug-likeness (QED) is 0.621. The fourth-order valence-electron chi connectivity index (χ4n) is 1.35. The summed E-state index contributed by atoms with van der Waals surface area (Å²) in [5.74, 6) is 0. The minimum absolute atomic E-state index is 0.0811. The lowest BCUT2D eigenvalue weighted by atomic mass is 10.3. The molecule has 0 bridgehead atoms. The Morgan fingerprint density at radius 1 is 1.46 bits per heavy atom. The fraction of sp³-hybridized carbons (Fsp3) is 1.00. The number of aliphatic hydroxyl groups is 1. The highest BCUT2D eigenvalue weighted by atomic mass is 16.7. The Morgan fingerprint density at radius 2 is 2.31 bits per heavy atom. The number of hydrogen-bond donors (Lipinski definition) is 1. The van der Waals surface area contributed by atoms with Crippen LogP contribution in [0.2, 0.25) is 0 Å². The zero-order valence-corrected chi connectivity index (χ0v) is 8.07. The maximum absolute atomic E-state index is 8.67. The number of hydrogen-bond acceptors (Lipinski definition) is 4. The van der Waals surface area contributed by atoms with Gasteiger partial charge in [0.1, 0.15) is 0 Å². The number of ether oxygens (including phenoxy) is 3. The van der Waals surface area contributed by atoms with Crippen LogP contribution in [0.3, 0.4) is 0 Å². The van der Waals surface area contributed by atoms with Crippen LogP contribution in [-0.4, -0.2) is 44.4 Å². The molecule has 4 nitrogen and oxygen atoms in total. The second kappa shape index (κ2) is 6.32. The van der Waals surface area contributed by atoms with Gasteiger partial charge in [0.25, 0.3) is 0 Å². The Balaban J connectivity index is 2.03. The van der Waals surface area contributed by atoms with Crippen LogP contribution in [0.1, 0.15) is 19.3 Å². The summed E-state index contributed by atoms with van der Waals surface area (Å²) in [5.41, 5.74) is 0. The van der Waals surface area contributed by atoms with Crippen molar-refractivity contribution in [1.29, 1.82) is 0 Å². The van der Waals surface area contributed by atoms with Crippen LogP contribution < -0.4 is 0 Å². The van der Waals surface area contributed by atoms with E-state index in [0.717, 1.165) is 19.4 Å². The standard InChI is InChI=1S/C9H18O4/c1-11-6-2-3-9-12-7-8(13-9)4-5-10/h8-10H,2-7H2,1H3. The third kappa shape index (κ3) is 4.04. The zero-order chi connectivity index (χ0) is 9.52. The summed E-state index contributed by atoms with van der Waals surface area (Å²) in [6.45, 7) is 1.52. The third-order valence-electron chi connectivity index (χ3n) is 2.05. The molecular formula is C9H18O4. The first-order valence-corrected chi connectivity index (χ1v) is 4.73. The lowest BCUT2D eigenvalue weighted by Gasteiger charge is -2.09. The molecule has 0 spiro atoms. The van der Waals surface area contributed by atoms with Crippen molar-refractivity contribution in [3.8, 4) is 0 Å². The average Bonchev–Trinajstić information content (AvgIpc) is 2.54. The second-order valence-electron chi connectivity index (χ2n) is 3.17. The van der Waals surface area contributed by atoms with E-state index in [1.807, 2.05) is 0 Å². The molecule has 1 aliphatic rings. The molecule has 0 aromatic rings. The normalized spacial score (nSPS) is 28.2. The van der Waals surface area contributed by atoms with Gasteiger partial charge in [-0.25, -0.2) is 0 Å². The topological polar surface area (TPSA) is 47.9 Å². The minimum atomic E-state index is -0.0910. The van der Waals surface area contributed by atoms with Crippen molar-refractivity contribution in [1.82, 2.24) is 0 Å². The molecule has 1 saturated heterocycles. The van der Waals surface area contributed by atoms with Crippen LogP contribution in [0.25, 0.3) is 0 Å². The lowest BCUT2D eigenvalue weighted by Crippen LogP contribution is -2.14. The smallest absolute Gasteiger partial charge is 0.158 e. The van der Waals surface area contributed by atoms with Crippen LogP contribution in [0.15, 0.2) is 0 Å². The molecule has 13 heavy (non-hydrogen) atoms. The van der Waals surface area contributed by atoms with Gasteiger partial charge in [0.15, 0.2) is 6.29 Å². The van der Waals surface area contributed by atoms with Gasteiger partial charge in [0.05, 0.1) is 12.7 Å². The molecule has 0 saturated carbocycles. The maximum Gasteiger partial charge on any atom is 0.158 e. The van der Waals surface area contributed by atoms with E-state index < -0.39 is 0 Å². The molecule has 0 amide bonds. The average molecular weight is 190 g/mol. The highest BCUT2D eigenvalue weighted by Gasteiger charge is 2.24. The summed E-state index contributed by atoms with van der Waals surface area (Å²) in [7, 11) is 1.69. The predicted octanol–water partition coefficient (Wildman–Crippen LogP) is 0.537. The van der Waals surface area contributed by atoms with E-state index in [-0.39, 0.29) is 19.0 Å². The van der Waals surface area contributed by atoms with Gasteiger partial charge in [-0.1, -0.05) is 0 Å². The fourth-order valence-corrected chi connectivity index (χ4v) is 1.35. The molecule has 0 aromatic carbocycles. The molecule has 0 aromatic heterocycles. The summed E-state index contributed by atoms with van der Waals surface area (Å²) < 4.78 is 15.8. The van der Waals surface area contributed by atoms with Gasteiger partial charge in [0, 0.05) is 26.7 Å². The van der Waals surface area contributed by atoms with Gasteiger partial charge in [-0.3, -0.25) is 0 Å². The van der Waals surface area contributed by atoms with Crippen LogP contribution in [0.4, 0.5) is 0 Å². The van der Waals surface area contributed by atoms with Crippen molar-refractivity contribution in [3.05, 3.63) is 0 Å². The van der Waals surface area contributed by atoms with Crippen molar-refractivity contribution < 1.29 is 19.3 Å². The van der Waals surface area contributed by atoms with Gasteiger partial charge in [0.2, 0.25) is 0 Å². The second-order valence-corrected chi connectivity index (χ2v) is 3.17. The Labute approximate surface area is 78.8 Å². The zero-order valence-electron chi connectivity index (χ0n) is 8.07. The van der Waals surface area contributed by atoms with Crippen molar-refractivity contribution >= 4 is 0 Å². The predicted molar refractivity (Wildman–Crippen MR) is 47.4 cm³/mol. The first-order valence-electron chi connectivity index (χ1n) is 4.73. The molecule has 4 heteroatoms. The van der Waals surface area contributed by atoms with Gasteiger partial charge < -0.3 is 19.3 Å². The molecule has 2 unspecified atom stereocenters. The van der Waals surface area contributed by atoms with Gasteiger partial charge in [-0.05, 0) is 12.8 Å². The Bertz CT molecular complexity index is 129. The highest BCUT2D eigenvalue weighted by Crippen LogP contribution is 2.17. The van der Waals surface area contributed by atoms with Gasteiger partial charge in [-0.2, -0.15) is 0 Å². The molecule has 78 valence electrons. The number of aliphatic hydroxyl groups excluding tert-OH is 1. The number of rotatable bonds is 6. The molecule has 1 heterocycles. The molecule has 2 atom stereocenters. The summed E-state index contributed by atoms with van der Waals surface area (Å²) in [6, 6.07) is 0. The summed E-state index contributed by atoms with van der Waals surface area (Å²) in [4.78, 5) is 0. The molecule has 1 rings (SSSR count). The van der Waals surface area contributed by atoms with E-state index in [1.54, 1.807) is 7.11 Å². The van der Waals surface area contributed by atoms with E-state index in [4.69, 9.17) is 19.3 Å². The Morgan fingerprint density at radius 3 is 3.00 bits per heavy atom. The Hall–Kier alpha value is -0.160. The molecule has 0 radical (unpaired) electrons. The van der Waals surface area contributed by atoms with E-state index >= 15 is 0 Å². The van der Waals surface area contributed by atoms with Crippen LogP contribution >= 0.6 is 0 Å². The van der Waals surface area contributed by atoms with E-state index in [2.05, 4.69) is 0 Å². The van der Waals surface area contributed by atoms with Gasteiger partial charge in [-0.15, -0.1) is 0 Å². The van der Waals surface area contributed by atoms with Crippen molar-refractivity contribution in [2.45, 2.75) is 31.7 Å². The van der Waals surface area contributed by atoms with Crippen LogP contribution in [0, 0.1) is 0 Å². The SMILES string of the molecule is COCCCC1OCC(CCO)O1. The summed E-state index contributed by atoms with van der Waals surface area (Å²) in [6.07, 6.45) is 2.48. The van der Waals surface area contributed by atoms with Crippen LogP contribution in [0.5, 0.6) is 0 Å². The molecule has 1 aliphatic heterocycles. The minimum Gasteiger partial charge on any atom is -0.396 e. The highest BCUT2D eigenvalue weighted by molar-refractivity contribution is 4.64. The largest absolute Gasteiger partial charge is 0.396 e. The van der Waals surface area contributed by atoms with E-state index in [0.29, 0.717) is 13.0 Å². The van der Waals surface area contributed by atoms with Crippen molar-refractivity contribution in [2.24, 2.45) is 0 Å². The molecule has 1 fully saturated rings. The summed E-state index contributed by atoms with van der Waals surface area (Å²) in [5, 5.41) is 8.67. The van der Waals surface area contributed by atoms with E-state index in [9.17, 15) is 0 Å². The first-order chi connectivity index (χ1) is 6.36. The van der Waals surface area contributed by atoms with Crippen molar-refractivity contribution in [2.75, 3.05) is 26.9 Å². The molecular weight excluding hydrogens is 172 g/mol. The first kappa shape index (κ1) is 10.9. The van der Waals surface area contributed by atoms with Crippen molar-refractivity contribution in [3.63, 3.8) is 0 Å². The van der Waals surface area contributed by atoms with Gasteiger partial charge >= 0.3 is 0 Å². The lowest BCUT2D eigenvalue weighted by molar-refractivity contribution is -0.0677. The molecule has 1 N–H and O–H groups in total. The monoisotopic (exact) mass is 190 g/mol. The van der Waals surface area contributed by atoms with E-state index in [1.165, 1.54) is 0 Å². The third-order valence-corrected chi connectivity index (χ3v) is 2.05.